The minimum atomic E-state index is -2.81. The van der Waals surface area contributed by atoms with Gasteiger partial charge in [-0.3, -0.25) is 0 Å². The van der Waals surface area contributed by atoms with Crippen molar-refractivity contribution in [2.45, 2.75) is 131 Å². The average Bonchev–Trinajstić information content (AvgIpc) is 2.98. The minimum absolute atomic E-state index is 0.0884. The lowest BCUT2D eigenvalue weighted by Crippen LogP contribution is -2.49. The van der Waals surface area contributed by atoms with Crippen molar-refractivity contribution in [1.29, 1.82) is 0 Å². The van der Waals surface area contributed by atoms with E-state index in [9.17, 15) is 0 Å². The Bertz CT molecular complexity index is 571. The van der Waals surface area contributed by atoms with Gasteiger partial charge in [0.2, 0.25) is 0 Å². The zero-order valence-corrected chi connectivity index (χ0v) is 33.5. The van der Waals surface area contributed by atoms with Gasteiger partial charge < -0.3 is 51.3 Å². The van der Waals surface area contributed by atoms with Gasteiger partial charge in [0.1, 0.15) is 0 Å². The van der Waals surface area contributed by atoms with E-state index in [2.05, 4.69) is 0 Å². The normalized spacial score (nSPS) is 13.9. The Morgan fingerprint density at radius 3 is 0.844 bits per heavy atom. The standard InChI is InChI=1S/C31H72N2O9Si3/c1-10-34-43(35-11-2,36-12-3)27-19-23-31(30(33)22-26-32,24-20-28-44(37-13-4,38-14-5)39-15-6)25-21-29-45(40-16-7,41-17-8)42-18-9/h30H,10-29,32-33H2,1-9H3. The molecule has 1 atom stereocenters. The first-order valence-corrected chi connectivity index (χ1v) is 23.7. The Balaban J connectivity index is 6.40. The molecule has 272 valence electrons. The summed E-state index contributed by atoms with van der Waals surface area (Å²) >= 11 is 0. The van der Waals surface area contributed by atoms with Crippen LogP contribution in [0, 0.1) is 5.41 Å². The van der Waals surface area contributed by atoms with Crippen molar-refractivity contribution < 1.29 is 39.8 Å². The second kappa shape index (κ2) is 26.1. The van der Waals surface area contributed by atoms with Crippen LogP contribution in [0.25, 0.3) is 0 Å². The highest BCUT2D eigenvalue weighted by Crippen LogP contribution is 2.43. The van der Waals surface area contributed by atoms with E-state index < -0.39 is 26.4 Å². The highest BCUT2D eigenvalue weighted by atomic mass is 28.4. The van der Waals surface area contributed by atoms with Crippen LogP contribution >= 0.6 is 0 Å². The number of hydrogen-bond acceptors (Lipinski definition) is 11. The third kappa shape index (κ3) is 16.4. The maximum Gasteiger partial charge on any atom is 0.500 e. The number of rotatable bonds is 33. The fraction of sp³-hybridized carbons (Fsp3) is 1.00. The summed E-state index contributed by atoms with van der Waals surface area (Å²) in [5.74, 6) is 0. The molecule has 0 saturated carbocycles. The first kappa shape index (κ1) is 45.2. The second-order valence-electron chi connectivity index (χ2n) is 11.1. The molecule has 0 heterocycles. The fourth-order valence-electron chi connectivity index (χ4n) is 6.39. The van der Waals surface area contributed by atoms with Gasteiger partial charge in [0, 0.05) is 83.6 Å². The van der Waals surface area contributed by atoms with Gasteiger partial charge in [-0.05, 0) is 119 Å². The van der Waals surface area contributed by atoms with Crippen molar-refractivity contribution >= 4 is 26.4 Å². The molecule has 11 nitrogen and oxygen atoms in total. The monoisotopic (exact) mass is 700 g/mol. The van der Waals surface area contributed by atoms with Gasteiger partial charge in [0.05, 0.1) is 0 Å². The SMILES string of the molecule is CCO[Si](CCCC(CCC[Si](OCC)(OCC)OCC)(CCC[Si](OCC)(OCC)OCC)C(N)CCN)(OCC)OCC. The van der Waals surface area contributed by atoms with E-state index in [1.54, 1.807) is 0 Å². The highest BCUT2D eigenvalue weighted by Gasteiger charge is 2.46. The van der Waals surface area contributed by atoms with Crippen molar-refractivity contribution in [2.24, 2.45) is 16.9 Å². The molecule has 4 N–H and O–H groups in total. The topological polar surface area (TPSA) is 135 Å². The smallest absolute Gasteiger partial charge is 0.374 e. The molecule has 0 bridgehead atoms. The van der Waals surface area contributed by atoms with Gasteiger partial charge in [-0.1, -0.05) is 0 Å². The lowest BCUT2D eigenvalue weighted by molar-refractivity contribution is 0.0642. The van der Waals surface area contributed by atoms with E-state index in [0.29, 0.717) is 66.0 Å². The Kier molecular flexibility index (Phi) is 26.2. The molecular weight excluding hydrogens is 629 g/mol. The summed E-state index contributed by atoms with van der Waals surface area (Å²) in [6.07, 6.45) is 6.06. The van der Waals surface area contributed by atoms with Crippen molar-refractivity contribution in [2.75, 3.05) is 66.0 Å². The Labute approximate surface area is 280 Å². The highest BCUT2D eigenvalue weighted by molar-refractivity contribution is 6.61. The van der Waals surface area contributed by atoms with Crippen LogP contribution in [-0.2, 0) is 39.8 Å². The minimum Gasteiger partial charge on any atom is -0.374 e. The molecule has 14 heteroatoms. The number of nitrogens with two attached hydrogens (primary N) is 2. The zero-order valence-electron chi connectivity index (χ0n) is 30.5. The lowest BCUT2D eigenvalue weighted by atomic mass is 9.69. The summed E-state index contributed by atoms with van der Waals surface area (Å²) in [6.45, 7) is 23.5. The van der Waals surface area contributed by atoms with Crippen molar-refractivity contribution in [3.63, 3.8) is 0 Å². The van der Waals surface area contributed by atoms with E-state index in [1.807, 2.05) is 62.3 Å². The molecule has 0 amide bonds. The predicted molar refractivity (Wildman–Crippen MR) is 188 cm³/mol. The Morgan fingerprint density at radius 2 is 0.667 bits per heavy atom. The summed E-state index contributed by atoms with van der Waals surface area (Å²) < 4.78 is 55.8. The van der Waals surface area contributed by atoms with E-state index in [4.69, 9.17) is 51.3 Å². The van der Waals surface area contributed by atoms with Crippen LogP contribution in [0.3, 0.4) is 0 Å². The van der Waals surface area contributed by atoms with Crippen LogP contribution in [-0.4, -0.2) is 98.5 Å². The van der Waals surface area contributed by atoms with Crippen molar-refractivity contribution in [3.8, 4) is 0 Å². The maximum atomic E-state index is 7.11. The molecular formula is C31H72N2O9Si3. The largest absolute Gasteiger partial charge is 0.500 e. The molecule has 0 radical (unpaired) electrons. The zero-order chi connectivity index (χ0) is 34.1. The Hall–Kier alpha value is 0.211. The molecule has 0 aromatic rings. The lowest BCUT2D eigenvalue weighted by Gasteiger charge is -2.42. The molecule has 0 spiro atoms. The van der Waals surface area contributed by atoms with Gasteiger partial charge in [-0.2, -0.15) is 0 Å². The molecule has 0 fully saturated rings. The summed E-state index contributed by atoms with van der Waals surface area (Å²) in [4.78, 5) is 0. The van der Waals surface area contributed by atoms with Gasteiger partial charge in [0.15, 0.2) is 0 Å². The van der Waals surface area contributed by atoms with E-state index in [0.717, 1.165) is 63.1 Å². The third-order valence-corrected chi connectivity index (χ3v) is 17.5. The summed E-state index contributed by atoms with van der Waals surface area (Å²) in [7, 11) is -8.42. The second-order valence-corrected chi connectivity index (χ2v) is 19.2. The third-order valence-electron chi connectivity index (χ3n) is 8.02. The van der Waals surface area contributed by atoms with Gasteiger partial charge in [0.25, 0.3) is 0 Å². The van der Waals surface area contributed by atoms with Crippen LogP contribution in [0.15, 0.2) is 0 Å². The van der Waals surface area contributed by atoms with E-state index >= 15 is 0 Å². The van der Waals surface area contributed by atoms with Crippen LogP contribution in [0.5, 0.6) is 0 Å². The molecule has 0 aliphatic rings. The van der Waals surface area contributed by atoms with E-state index in [1.165, 1.54) is 0 Å². The summed E-state index contributed by atoms with van der Waals surface area (Å²) in [5.41, 5.74) is 13.1. The van der Waals surface area contributed by atoms with Gasteiger partial charge >= 0.3 is 26.4 Å². The van der Waals surface area contributed by atoms with Crippen LogP contribution in [0.2, 0.25) is 18.1 Å². The molecule has 0 aromatic heterocycles. The fourth-order valence-corrected chi connectivity index (χ4v) is 14.2. The molecule has 0 rings (SSSR count). The average molecular weight is 701 g/mol. The quantitative estimate of drug-likeness (QED) is 0.0765. The van der Waals surface area contributed by atoms with Gasteiger partial charge in [-0.25, -0.2) is 0 Å². The Morgan fingerprint density at radius 1 is 0.444 bits per heavy atom. The molecule has 0 aliphatic heterocycles. The first-order valence-electron chi connectivity index (χ1n) is 17.9. The summed E-state index contributed by atoms with van der Waals surface area (Å²) in [5, 5.41) is 0. The predicted octanol–water partition coefficient (Wildman–Crippen LogP) is 6.13. The summed E-state index contributed by atoms with van der Waals surface area (Å²) in [6, 6.07) is 2.13. The molecule has 45 heavy (non-hydrogen) atoms. The maximum absolute atomic E-state index is 7.11. The van der Waals surface area contributed by atoms with Crippen molar-refractivity contribution in [1.82, 2.24) is 0 Å². The van der Waals surface area contributed by atoms with Crippen LogP contribution in [0.1, 0.15) is 107 Å². The van der Waals surface area contributed by atoms with Crippen LogP contribution < -0.4 is 11.5 Å². The molecule has 0 saturated heterocycles. The molecule has 0 aliphatic carbocycles. The number of hydrogen-bond donors (Lipinski definition) is 2. The molecule has 0 aromatic carbocycles. The molecule has 1 unspecified atom stereocenters. The van der Waals surface area contributed by atoms with E-state index in [-0.39, 0.29) is 11.5 Å². The van der Waals surface area contributed by atoms with Crippen molar-refractivity contribution in [3.05, 3.63) is 0 Å². The first-order chi connectivity index (χ1) is 21.6. The van der Waals surface area contributed by atoms with Gasteiger partial charge in [-0.15, -0.1) is 0 Å². The van der Waals surface area contributed by atoms with Crippen LogP contribution in [0.4, 0.5) is 0 Å².